The van der Waals surface area contributed by atoms with Crippen LogP contribution in [0, 0.1) is 5.82 Å². The summed E-state index contributed by atoms with van der Waals surface area (Å²) in [5.74, 6) is -0.270. The van der Waals surface area contributed by atoms with Crippen LogP contribution < -0.4 is 0 Å². The van der Waals surface area contributed by atoms with Crippen molar-refractivity contribution in [2.75, 3.05) is 0 Å². The van der Waals surface area contributed by atoms with Gasteiger partial charge in [0.25, 0.3) is 0 Å². The number of nitrogens with zero attached hydrogens (tertiary/aromatic N) is 1. The average Bonchev–Trinajstić information content (AvgIpc) is 2.87. The van der Waals surface area contributed by atoms with Gasteiger partial charge in [-0.15, -0.1) is 11.3 Å². The lowest BCUT2D eigenvalue weighted by molar-refractivity contribution is 0.627. The van der Waals surface area contributed by atoms with E-state index in [4.69, 9.17) is 0 Å². The van der Waals surface area contributed by atoms with Gasteiger partial charge >= 0.3 is 0 Å². The van der Waals surface area contributed by atoms with Gasteiger partial charge in [-0.1, -0.05) is 44.0 Å². The molecule has 20 heavy (non-hydrogen) atoms. The molecule has 3 rings (SSSR count). The number of rotatable bonds is 2. The minimum Gasteiger partial charge on any atom is -0.236 e. The van der Waals surface area contributed by atoms with E-state index in [1.807, 2.05) is 35.7 Å². The fraction of sp³-hybridized carbons (Fsp3) is 0. The molecule has 0 unspecified atom stereocenters. The Morgan fingerprint density at radius 2 is 1.75 bits per heavy atom. The Bertz CT molecular complexity index is 750. The third kappa shape index (κ3) is 3.00. The highest BCUT2D eigenvalue weighted by Crippen LogP contribution is 2.31. The maximum Gasteiger partial charge on any atom is 0.125 e. The molecule has 1 aromatic heterocycles. The molecule has 2 aromatic carbocycles. The molecular weight excluding hydrogens is 405 g/mol. The zero-order valence-corrected chi connectivity index (χ0v) is 14.1. The fourth-order valence-electron chi connectivity index (χ4n) is 1.86. The summed E-state index contributed by atoms with van der Waals surface area (Å²) in [5.41, 5.74) is 2.71. The molecule has 1 nitrogen and oxygen atoms in total. The second-order valence-corrected chi connectivity index (χ2v) is 6.90. The molecule has 0 aliphatic carbocycles. The van der Waals surface area contributed by atoms with Crippen molar-refractivity contribution < 1.29 is 4.39 Å². The molecule has 0 atom stereocenters. The van der Waals surface area contributed by atoms with E-state index in [0.717, 1.165) is 26.3 Å². The van der Waals surface area contributed by atoms with Crippen LogP contribution in [0.15, 0.2) is 56.8 Å². The second-order valence-electron chi connectivity index (χ2n) is 4.21. The molecule has 0 radical (unpaired) electrons. The first-order valence-electron chi connectivity index (χ1n) is 5.80. The number of hydrogen-bond acceptors (Lipinski definition) is 2. The van der Waals surface area contributed by atoms with Crippen LogP contribution in [0.25, 0.3) is 21.8 Å². The van der Waals surface area contributed by atoms with E-state index in [1.54, 1.807) is 0 Å². The summed E-state index contributed by atoms with van der Waals surface area (Å²) >= 11 is 8.26. The van der Waals surface area contributed by atoms with Crippen LogP contribution in [0.5, 0.6) is 0 Å². The molecule has 0 aliphatic heterocycles. The zero-order valence-electron chi connectivity index (χ0n) is 10.1. The minimum atomic E-state index is -0.270. The molecule has 0 fully saturated rings. The van der Waals surface area contributed by atoms with Gasteiger partial charge in [-0.25, -0.2) is 9.37 Å². The fourth-order valence-corrected chi connectivity index (χ4v) is 3.55. The third-order valence-electron chi connectivity index (χ3n) is 2.73. The molecule has 100 valence electrons. The SMILES string of the molecule is Fc1cc(Br)cc(-c2nc(-c3cccc(Br)c3)cs2)c1. The van der Waals surface area contributed by atoms with Crippen molar-refractivity contribution in [3.8, 4) is 21.8 Å². The molecule has 0 saturated heterocycles. The molecule has 0 saturated carbocycles. The molecule has 1 heterocycles. The lowest BCUT2D eigenvalue weighted by Gasteiger charge is -1.99. The highest BCUT2D eigenvalue weighted by atomic mass is 79.9. The summed E-state index contributed by atoms with van der Waals surface area (Å²) in [7, 11) is 0. The van der Waals surface area contributed by atoms with E-state index in [0.29, 0.717) is 4.47 Å². The normalized spacial score (nSPS) is 10.8. The lowest BCUT2D eigenvalue weighted by atomic mass is 10.2. The van der Waals surface area contributed by atoms with E-state index < -0.39 is 0 Å². The summed E-state index contributed by atoms with van der Waals surface area (Å²) in [4.78, 5) is 4.58. The van der Waals surface area contributed by atoms with Gasteiger partial charge in [-0.2, -0.15) is 0 Å². The minimum absolute atomic E-state index is 0.270. The predicted octanol–water partition coefficient (Wildman–Crippen LogP) is 6.14. The standard InChI is InChI=1S/C15H8Br2FNS/c16-11-3-1-2-9(4-11)14-8-20-15(19-14)10-5-12(17)7-13(18)6-10/h1-8H. The first kappa shape index (κ1) is 13.9. The number of thiazole rings is 1. The molecule has 5 heteroatoms. The van der Waals surface area contributed by atoms with Crippen LogP contribution >= 0.6 is 43.2 Å². The Hall–Kier alpha value is -1.04. The quantitative estimate of drug-likeness (QED) is 0.492. The van der Waals surface area contributed by atoms with E-state index in [2.05, 4.69) is 36.8 Å². The Morgan fingerprint density at radius 3 is 2.50 bits per heavy atom. The molecule has 0 spiro atoms. The predicted molar refractivity (Wildman–Crippen MR) is 88.3 cm³/mol. The topological polar surface area (TPSA) is 12.9 Å². The van der Waals surface area contributed by atoms with Gasteiger partial charge in [0.15, 0.2) is 0 Å². The van der Waals surface area contributed by atoms with E-state index in [1.165, 1.54) is 23.5 Å². The van der Waals surface area contributed by atoms with Crippen molar-refractivity contribution in [2.45, 2.75) is 0 Å². The molecule has 0 aliphatic rings. The Morgan fingerprint density at radius 1 is 0.950 bits per heavy atom. The summed E-state index contributed by atoms with van der Waals surface area (Å²) in [6.45, 7) is 0. The summed E-state index contributed by atoms with van der Waals surface area (Å²) in [6.07, 6.45) is 0. The third-order valence-corrected chi connectivity index (χ3v) is 4.58. The maximum absolute atomic E-state index is 13.4. The number of halogens is 3. The van der Waals surface area contributed by atoms with Crippen LogP contribution in [-0.4, -0.2) is 4.98 Å². The van der Waals surface area contributed by atoms with Crippen molar-refractivity contribution in [2.24, 2.45) is 0 Å². The van der Waals surface area contributed by atoms with Crippen LogP contribution in [-0.2, 0) is 0 Å². The number of benzene rings is 2. The highest BCUT2D eigenvalue weighted by molar-refractivity contribution is 9.10. The molecule has 0 amide bonds. The van der Waals surface area contributed by atoms with E-state index in [-0.39, 0.29) is 5.82 Å². The smallest absolute Gasteiger partial charge is 0.125 e. The van der Waals surface area contributed by atoms with Gasteiger partial charge in [0.05, 0.1) is 5.69 Å². The van der Waals surface area contributed by atoms with Crippen molar-refractivity contribution in [3.63, 3.8) is 0 Å². The summed E-state index contributed by atoms with van der Waals surface area (Å²) < 4.78 is 15.2. The summed E-state index contributed by atoms with van der Waals surface area (Å²) in [6, 6.07) is 12.8. The Balaban J connectivity index is 2.02. The molecule has 0 N–H and O–H groups in total. The van der Waals surface area contributed by atoms with Gasteiger partial charge in [-0.3, -0.25) is 0 Å². The molecular formula is C15H8Br2FNS. The highest BCUT2D eigenvalue weighted by Gasteiger charge is 2.08. The molecule has 0 bridgehead atoms. The van der Waals surface area contributed by atoms with Crippen molar-refractivity contribution in [1.29, 1.82) is 0 Å². The first-order valence-corrected chi connectivity index (χ1v) is 8.26. The molecule has 3 aromatic rings. The zero-order chi connectivity index (χ0) is 14.1. The van der Waals surface area contributed by atoms with Gasteiger partial charge in [0.1, 0.15) is 10.8 Å². The van der Waals surface area contributed by atoms with Gasteiger partial charge < -0.3 is 0 Å². The van der Waals surface area contributed by atoms with E-state index >= 15 is 0 Å². The largest absolute Gasteiger partial charge is 0.236 e. The Labute approximate surface area is 136 Å². The number of aromatic nitrogens is 1. The van der Waals surface area contributed by atoms with Crippen LogP contribution in [0.3, 0.4) is 0 Å². The average molecular weight is 413 g/mol. The first-order chi connectivity index (χ1) is 9.61. The van der Waals surface area contributed by atoms with Crippen LogP contribution in [0.2, 0.25) is 0 Å². The van der Waals surface area contributed by atoms with Crippen LogP contribution in [0.4, 0.5) is 4.39 Å². The van der Waals surface area contributed by atoms with E-state index in [9.17, 15) is 4.39 Å². The lowest BCUT2D eigenvalue weighted by Crippen LogP contribution is -1.82. The van der Waals surface area contributed by atoms with Gasteiger partial charge in [0.2, 0.25) is 0 Å². The number of hydrogen-bond donors (Lipinski definition) is 0. The van der Waals surface area contributed by atoms with Crippen molar-refractivity contribution in [3.05, 3.63) is 62.6 Å². The Kier molecular flexibility index (Phi) is 4.01. The maximum atomic E-state index is 13.4. The summed E-state index contributed by atoms with van der Waals surface area (Å²) in [5, 5.41) is 2.79. The second kappa shape index (κ2) is 5.76. The van der Waals surface area contributed by atoms with Crippen molar-refractivity contribution >= 4 is 43.2 Å². The van der Waals surface area contributed by atoms with Crippen LogP contribution in [0.1, 0.15) is 0 Å². The van der Waals surface area contributed by atoms with Gasteiger partial charge in [-0.05, 0) is 30.3 Å². The van der Waals surface area contributed by atoms with Crippen molar-refractivity contribution in [1.82, 2.24) is 4.98 Å². The monoisotopic (exact) mass is 411 g/mol. The van der Waals surface area contributed by atoms with Gasteiger partial charge in [0, 0.05) is 25.5 Å².